The highest BCUT2D eigenvalue weighted by Gasteiger charge is 2.42. The van der Waals surface area contributed by atoms with E-state index >= 15 is 0 Å². The fraction of sp³-hybridized carbons (Fsp3) is 0.417. The van der Waals surface area contributed by atoms with Gasteiger partial charge in [0, 0.05) is 17.8 Å². The van der Waals surface area contributed by atoms with E-state index in [-0.39, 0.29) is 16.7 Å². The number of halogens is 2. The van der Waals surface area contributed by atoms with Crippen LogP contribution in [0.4, 0.5) is 4.39 Å². The van der Waals surface area contributed by atoms with Gasteiger partial charge in [-0.1, -0.05) is 6.07 Å². The van der Waals surface area contributed by atoms with Gasteiger partial charge in [-0.05, 0) is 25.0 Å². The molecule has 2 N–H and O–H groups in total. The zero-order valence-corrected chi connectivity index (χ0v) is 9.93. The van der Waals surface area contributed by atoms with Gasteiger partial charge in [0.15, 0.2) is 0 Å². The van der Waals surface area contributed by atoms with Crippen molar-refractivity contribution in [3.63, 3.8) is 0 Å². The fourth-order valence-corrected chi connectivity index (χ4v) is 1.99. The number of phenols is 1. The van der Waals surface area contributed by atoms with Gasteiger partial charge >= 0.3 is 0 Å². The van der Waals surface area contributed by atoms with Crippen LogP contribution in [-0.4, -0.2) is 23.4 Å². The molecule has 3 nitrogen and oxygen atoms in total. The number of hydrogen-bond donors (Lipinski definition) is 2. The van der Waals surface area contributed by atoms with Gasteiger partial charge in [-0.25, -0.2) is 4.39 Å². The first-order valence-corrected chi connectivity index (χ1v) is 5.93. The van der Waals surface area contributed by atoms with Gasteiger partial charge in [-0.2, -0.15) is 0 Å². The van der Waals surface area contributed by atoms with E-state index in [0.29, 0.717) is 12.4 Å². The van der Waals surface area contributed by atoms with E-state index < -0.39 is 11.7 Å². The number of carbonyl (C=O) groups excluding carboxylic acids is 1. The van der Waals surface area contributed by atoms with Crippen molar-refractivity contribution >= 4 is 17.5 Å². The molecule has 0 spiro atoms. The van der Waals surface area contributed by atoms with Crippen molar-refractivity contribution in [2.75, 3.05) is 12.4 Å². The van der Waals surface area contributed by atoms with Gasteiger partial charge in [-0.15, -0.1) is 11.6 Å². The molecular weight excluding hydrogens is 245 g/mol. The van der Waals surface area contributed by atoms with E-state index in [0.717, 1.165) is 18.9 Å². The molecule has 0 bridgehead atoms. The first-order chi connectivity index (χ1) is 8.08. The van der Waals surface area contributed by atoms with E-state index in [1.165, 1.54) is 12.1 Å². The molecule has 1 amide bonds. The molecule has 1 aliphatic rings. The molecule has 1 fully saturated rings. The summed E-state index contributed by atoms with van der Waals surface area (Å²) in [6.45, 7) is 0.420. The fourth-order valence-electron chi connectivity index (χ4n) is 1.63. The van der Waals surface area contributed by atoms with Crippen molar-refractivity contribution in [2.45, 2.75) is 12.8 Å². The summed E-state index contributed by atoms with van der Waals surface area (Å²) in [5, 5.41) is 12.0. The van der Waals surface area contributed by atoms with E-state index in [1.54, 1.807) is 0 Å². The van der Waals surface area contributed by atoms with Gasteiger partial charge in [-0.3, -0.25) is 4.79 Å². The van der Waals surface area contributed by atoms with Crippen molar-refractivity contribution in [1.82, 2.24) is 5.32 Å². The van der Waals surface area contributed by atoms with Crippen LogP contribution in [-0.2, 0) is 0 Å². The van der Waals surface area contributed by atoms with Crippen LogP contribution in [0.25, 0.3) is 0 Å². The lowest BCUT2D eigenvalue weighted by molar-refractivity contribution is 0.0939. The summed E-state index contributed by atoms with van der Waals surface area (Å²) >= 11 is 5.77. The number of aromatic hydroxyl groups is 1. The normalized spacial score (nSPS) is 16.6. The Hall–Kier alpha value is -1.29. The number of amides is 1. The summed E-state index contributed by atoms with van der Waals surface area (Å²) in [6, 6.07) is 3.78. The Morgan fingerprint density at radius 3 is 2.76 bits per heavy atom. The van der Waals surface area contributed by atoms with Gasteiger partial charge < -0.3 is 10.4 Å². The lowest BCUT2D eigenvalue weighted by Crippen LogP contribution is -2.31. The van der Waals surface area contributed by atoms with E-state index in [4.69, 9.17) is 11.6 Å². The summed E-state index contributed by atoms with van der Waals surface area (Å²) < 4.78 is 13.4. The van der Waals surface area contributed by atoms with Crippen LogP contribution in [0.15, 0.2) is 18.2 Å². The quantitative estimate of drug-likeness (QED) is 0.813. The molecule has 0 radical (unpaired) electrons. The predicted octanol–water partition coefficient (Wildman–Crippen LogP) is 2.28. The van der Waals surface area contributed by atoms with Crippen molar-refractivity contribution in [1.29, 1.82) is 0 Å². The Bertz CT molecular complexity index is 426. The van der Waals surface area contributed by atoms with Crippen LogP contribution in [0, 0.1) is 11.2 Å². The molecule has 92 valence electrons. The smallest absolute Gasteiger partial charge is 0.258 e. The molecular formula is C12H13ClFNO2. The van der Waals surface area contributed by atoms with Crippen LogP contribution >= 0.6 is 11.6 Å². The highest BCUT2D eigenvalue weighted by Crippen LogP contribution is 2.45. The van der Waals surface area contributed by atoms with Gasteiger partial charge in [0.25, 0.3) is 5.91 Å². The van der Waals surface area contributed by atoms with Crippen molar-refractivity contribution < 1.29 is 14.3 Å². The maximum atomic E-state index is 13.4. The van der Waals surface area contributed by atoms with Crippen molar-refractivity contribution in [3.8, 4) is 5.75 Å². The molecule has 0 heterocycles. The average Bonchev–Trinajstić information content (AvgIpc) is 3.07. The summed E-state index contributed by atoms with van der Waals surface area (Å²) in [5.74, 6) is -1.19. The molecule has 0 saturated heterocycles. The summed E-state index contributed by atoms with van der Waals surface area (Å²) in [5.41, 5.74) is -0.337. The highest BCUT2D eigenvalue weighted by molar-refractivity contribution is 6.18. The van der Waals surface area contributed by atoms with E-state index in [2.05, 4.69) is 5.32 Å². The average molecular weight is 258 g/mol. The number of nitrogens with one attached hydrogen (secondary N) is 1. The Labute approximate surface area is 104 Å². The third kappa shape index (κ3) is 2.52. The Kier molecular flexibility index (Phi) is 3.24. The second kappa shape index (κ2) is 4.53. The number of alkyl halides is 1. The minimum atomic E-state index is -0.724. The number of phenolic OH excluding ortho intramolecular Hbond substituents is 1. The zero-order valence-electron chi connectivity index (χ0n) is 9.17. The molecule has 0 atom stereocenters. The maximum Gasteiger partial charge on any atom is 0.258 e. The molecule has 0 aliphatic heterocycles. The SMILES string of the molecule is O=C(NCC1(CCl)CC1)c1c(O)cccc1F. The first kappa shape index (κ1) is 12.2. The minimum absolute atomic E-state index is 0.0297. The molecule has 1 aromatic carbocycles. The monoisotopic (exact) mass is 257 g/mol. The molecule has 2 rings (SSSR count). The Morgan fingerprint density at radius 2 is 2.24 bits per heavy atom. The van der Waals surface area contributed by atoms with Gasteiger partial charge in [0.1, 0.15) is 17.1 Å². The number of hydrogen-bond acceptors (Lipinski definition) is 2. The number of rotatable bonds is 4. The molecule has 1 aliphatic carbocycles. The molecule has 0 aromatic heterocycles. The van der Waals surface area contributed by atoms with E-state index in [1.807, 2.05) is 0 Å². The number of benzene rings is 1. The number of carbonyl (C=O) groups is 1. The van der Waals surface area contributed by atoms with Crippen LogP contribution < -0.4 is 5.32 Å². The second-order valence-corrected chi connectivity index (χ2v) is 4.72. The largest absolute Gasteiger partial charge is 0.507 e. The maximum absolute atomic E-state index is 13.4. The third-order valence-corrected chi connectivity index (χ3v) is 3.65. The molecule has 1 aromatic rings. The van der Waals surface area contributed by atoms with Gasteiger partial charge in [0.2, 0.25) is 0 Å². The van der Waals surface area contributed by atoms with Crippen LogP contribution in [0.3, 0.4) is 0 Å². The lowest BCUT2D eigenvalue weighted by atomic mass is 10.1. The Morgan fingerprint density at radius 1 is 1.53 bits per heavy atom. The highest BCUT2D eigenvalue weighted by atomic mass is 35.5. The minimum Gasteiger partial charge on any atom is -0.507 e. The first-order valence-electron chi connectivity index (χ1n) is 5.40. The molecule has 17 heavy (non-hydrogen) atoms. The molecule has 0 unspecified atom stereocenters. The summed E-state index contributed by atoms with van der Waals surface area (Å²) in [6.07, 6.45) is 1.94. The Balaban J connectivity index is 2.05. The van der Waals surface area contributed by atoms with Crippen molar-refractivity contribution in [3.05, 3.63) is 29.6 Å². The van der Waals surface area contributed by atoms with Crippen LogP contribution in [0.5, 0.6) is 5.75 Å². The predicted molar refractivity (Wildman–Crippen MR) is 62.8 cm³/mol. The third-order valence-electron chi connectivity index (χ3n) is 3.08. The molecule has 1 saturated carbocycles. The zero-order chi connectivity index (χ0) is 12.5. The van der Waals surface area contributed by atoms with Crippen LogP contribution in [0.1, 0.15) is 23.2 Å². The topological polar surface area (TPSA) is 49.3 Å². The van der Waals surface area contributed by atoms with Crippen LogP contribution in [0.2, 0.25) is 0 Å². The molecule has 5 heteroatoms. The summed E-state index contributed by atoms with van der Waals surface area (Å²) in [7, 11) is 0. The second-order valence-electron chi connectivity index (χ2n) is 4.45. The van der Waals surface area contributed by atoms with E-state index in [9.17, 15) is 14.3 Å². The van der Waals surface area contributed by atoms with Gasteiger partial charge in [0.05, 0.1) is 0 Å². The summed E-state index contributed by atoms with van der Waals surface area (Å²) in [4.78, 5) is 11.7. The standard InChI is InChI=1S/C12H13ClFNO2/c13-6-12(4-5-12)7-15-11(17)10-8(14)2-1-3-9(10)16/h1-3,16H,4-7H2,(H,15,17). The lowest BCUT2D eigenvalue weighted by Gasteiger charge is -2.13. The van der Waals surface area contributed by atoms with Crippen molar-refractivity contribution in [2.24, 2.45) is 5.41 Å².